The summed E-state index contributed by atoms with van der Waals surface area (Å²) in [5, 5.41) is 6.17. The Morgan fingerprint density at radius 1 is 1.32 bits per heavy atom. The standard InChI is InChI=1S/C17H19N3OS/c21-17(16-4-2-10-19-16)20-14-5-7-15(8-6-14)22-12-13-3-1-9-18-11-13/h1,3,5-9,11,16,19H,2,4,10,12H2,(H,20,21)/t16-/m0/s1. The monoisotopic (exact) mass is 313 g/mol. The number of hydrogen-bond donors (Lipinski definition) is 2. The molecular formula is C17H19N3OS. The van der Waals surface area contributed by atoms with Crippen LogP contribution in [0.5, 0.6) is 0 Å². The van der Waals surface area contributed by atoms with Crippen molar-refractivity contribution in [3.05, 3.63) is 54.4 Å². The van der Waals surface area contributed by atoms with Gasteiger partial charge in [-0.2, -0.15) is 0 Å². The predicted molar refractivity (Wildman–Crippen MR) is 89.9 cm³/mol. The lowest BCUT2D eigenvalue weighted by Crippen LogP contribution is -2.35. The molecule has 0 bridgehead atoms. The van der Waals surface area contributed by atoms with Gasteiger partial charge in [0, 0.05) is 28.7 Å². The molecule has 1 amide bonds. The van der Waals surface area contributed by atoms with Crippen molar-refractivity contribution in [2.24, 2.45) is 0 Å². The van der Waals surface area contributed by atoms with Crippen LogP contribution < -0.4 is 10.6 Å². The van der Waals surface area contributed by atoms with E-state index in [1.807, 2.05) is 36.5 Å². The average molecular weight is 313 g/mol. The molecule has 1 aromatic carbocycles. The number of nitrogens with zero attached hydrogens (tertiary/aromatic N) is 1. The fourth-order valence-electron chi connectivity index (χ4n) is 2.42. The summed E-state index contributed by atoms with van der Waals surface area (Å²) in [6.45, 7) is 0.933. The normalized spacial score (nSPS) is 17.4. The van der Waals surface area contributed by atoms with Crippen LogP contribution in [0.1, 0.15) is 18.4 Å². The number of thioether (sulfide) groups is 1. The van der Waals surface area contributed by atoms with E-state index >= 15 is 0 Å². The molecule has 2 heterocycles. The zero-order chi connectivity index (χ0) is 15.2. The maximum atomic E-state index is 12.0. The summed E-state index contributed by atoms with van der Waals surface area (Å²) >= 11 is 1.76. The molecule has 1 fully saturated rings. The second-order valence-corrected chi connectivity index (χ2v) is 6.36. The maximum Gasteiger partial charge on any atom is 0.241 e. The summed E-state index contributed by atoms with van der Waals surface area (Å²) in [5.41, 5.74) is 2.06. The molecule has 4 nitrogen and oxygen atoms in total. The number of nitrogens with one attached hydrogen (secondary N) is 2. The molecule has 0 saturated carbocycles. The van der Waals surface area contributed by atoms with E-state index in [4.69, 9.17) is 0 Å². The molecule has 0 spiro atoms. The summed E-state index contributed by atoms with van der Waals surface area (Å²) < 4.78 is 0. The number of hydrogen-bond acceptors (Lipinski definition) is 4. The number of rotatable bonds is 5. The summed E-state index contributed by atoms with van der Waals surface area (Å²) in [4.78, 5) is 17.3. The molecule has 0 unspecified atom stereocenters. The highest BCUT2D eigenvalue weighted by molar-refractivity contribution is 7.98. The van der Waals surface area contributed by atoms with Crippen molar-refractivity contribution in [3.63, 3.8) is 0 Å². The van der Waals surface area contributed by atoms with Gasteiger partial charge in [-0.3, -0.25) is 9.78 Å². The van der Waals surface area contributed by atoms with Crippen LogP contribution in [0.25, 0.3) is 0 Å². The topological polar surface area (TPSA) is 54.0 Å². The Kier molecular flexibility index (Phi) is 5.08. The average Bonchev–Trinajstić information content (AvgIpc) is 3.10. The molecule has 2 N–H and O–H groups in total. The molecule has 0 aliphatic carbocycles. The predicted octanol–water partition coefficient (Wildman–Crippen LogP) is 3.06. The van der Waals surface area contributed by atoms with Crippen LogP contribution in [0.3, 0.4) is 0 Å². The Hall–Kier alpha value is -1.85. The van der Waals surface area contributed by atoms with Gasteiger partial charge in [0.1, 0.15) is 0 Å². The summed E-state index contributed by atoms with van der Waals surface area (Å²) in [5.74, 6) is 0.958. The highest BCUT2D eigenvalue weighted by Crippen LogP contribution is 2.24. The van der Waals surface area contributed by atoms with Crippen LogP contribution in [-0.2, 0) is 10.5 Å². The van der Waals surface area contributed by atoms with Gasteiger partial charge in [-0.15, -0.1) is 11.8 Å². The Balaban J connectivity index is 1.52. The van der Waals surface area contributed by atoms with E-state index in [1.54, 1.807) is 18.0 Å². The van der Waals surface area contributed by atoms with E-state index in [9.17, 15) is 4.79 Å². The first-order valence-electron chi connectivity index (χ1n) is 7.47. The lowest BCUT2D eigenvalue weighted by molar-refractivity contribution is -0.117. The van der Waals surface area contributed by atoms with Crippen LogP contribution in [0, 0.1) is 0 Å². The van der Waals surface area contributed by atoms with Crippen molar-refractivity contribution in [1.82, 2.24) is 10.3 Å². The minimum atomic E-state index is -0.0420. The molecule has 3 rings (SSSR count). The van der Waals surface area contributed by atoms with Crippen molar-refractivity contribution in [1.29, 1.82) is 0 Å². The highest BCUT2D eigenvalue weighted by Gasteiger charge is 2.21. The number of anilines is 1. The smallest absolute Gasteiger partial charge is 0.241 e. The van der Waals surface area contributed by atoms with E-state index in [-0.39, 0.29) is 11.9 Å². The number of amides is 1. The van der Waals surface area contributed by atoms with Gasteiger partial charge in [0.2, 0.25) is 5.91 Å². The lowest BCUT2D eigenvalue weighted by atomic mass is 10.2. The second-order valence-electron chi connectivity index (χ2n) is 5.31. The number of aromatic nitrogens is 1. The summed E-state index contributed by atoms with van der Waals surface area (Å²) in [7, 11) is 0. The first-order valence-corrected chi connectivity index (χ1v) is 8.46. The Labute approximate surface area is 134 Å². The van der Waals surface area contributed by atoms with Crippen LogP contribution in [0.4, 0.5) is 5.69 Å². The van der Waals surface area contributed by atoms with Crippen LogP contribution in [0.2, 0.25) is 0 Å². The number of benzene rings is 1. The molecule has 5 heteroatoms. The molecule has 1 aromatic heterocycles. The molecule has 1 aliphatic heterocycles. The minimum Gasteiger partial charge on any atom is -0.325 e. The first kappa shape index (κ1) is 15.1. The van der Waals surface area contributed by atoms with Crippen molar-refractivity contribution in [2.75, 3.05) is 11.9 Å². The largest absolute Gasteiger partial charge is 0.325 e. The molecule has 1 atom stereocenters. The van der Waals surface area contributed by atoms with Crippen LogP contribution in [0.15, 0.2) is 53.7 Å². The molecule has 1 saturated heterocycles. The Bertz CT molecular complexity index is 610. The Morgan fingerprint density at radius 3 is 2.86 bits per heavy atom. The van der Waals surface area contributed by atoms with E-state index in [0.717, 1.165) is 30.8 Å². The lowest BCUT2D eigenvalue weighted by Gasteiger charge is -2.11. The van der Waals surface area contributed by atoms with Crippen molar-refractivity contribution < 1.29 is 4.79 Å². The van der Waals surface area contributed by atoms with Gasteiger partial charge < -0.3 is 10.6 Å². The third-order valence-corrected chi connectivity index (χ3v) is 4.71. The number of pyridine rings is 1. The van der Waals surface area contributed by atoms with E-state index < -0.39 is 0 Å². The SMILES string of the molecule is O=C(Nc1ccc(SCc2cccnc2)cc1)[C@@H]1CCCN1. The second kappa shape index (κ2) is 7.42. The van der Waals surface area contributed by atoms with Gasteiger partial charge >= 0.3 is 0 Å². The van der Waals surface area contributed by atoms with Crippen molar-refractivity contribution in [3.8, 4) is 0 Å². The summed E-state index contributed by atoms with van der Waals surface area (Å²) in [6, 6.07) is 12.0. The zero-order valence-electron chi connectivity index (χ0n) is 12.3. The zero-order valence-corrected chi connectivity index (χ0v) is 13.1. The van der Waals surface area contributed by atoms with E-state index in [0.29, 0.717) is 0 Å². The van der Waals surface area contributed by atoms with Gasteiger partial charge in [0.15, 0.2) is 0 Å². The van der Waals surface area contributed by atoms with Crippen LogP contribution >= 0.6 is 11.8 Å². The molecule has 2 aromatic rings. The quantitative estimate of drug-likeness (QED) is 0.833. The fraction of sp³-hybridized carbons (Fsp3) is 0.294. The van der Waals surface area contributed by atoms with Gasteiger partial charge in [-0.1, -0.05) is 6.07 Å². The molecule has 0 radical (unpaired) electrons. The number of carbonyl (C=O) groups excluding carboxylic acids is 1. The van der Waals surface area contributed by atoms with Crippen LogP contribution in [-0.4, -0.2) is 23.5 Å². The van der Waals surface area contributed by atoms with Gasteiger partial charge in [0.05, 0.1) is 6.04 Å². The summed E-state index contributed by atoms with van der Waals surface area (Å²) in [6.07, 6.45) is 5.66. The third-order valence-electron chi connectivity index (χ3n) is 3.63. The van der Waals surface area contributed by atoms with Crippen molar-refractivity contribution in [2.45, 2.75) is 29.5 Å². The first-order chi connectivity index (χ1) is 10.8. The molecule has 22 heavy (non-hydrogen) atoms. The van der Waals surface area contributed by atoms with E-state index in [2.05, 4.69) is 21.7 Å². The van der Waals surface area contributed by atoms with Gasteiger partial charge in [-0.25, -0.2) is 0 Å². The van der Waals surface area contributed by atoms with Crippen molar-refractivity contribution >= 4 is 23.4 Å². The molecule has 1 aliphatic rings. The minimum absolute atomic E-state index is 0.0420. The van der Waals surface area contributed by atoms with Gasteiger partial charge in [-0.05, 0) is 55.3 Å². The van der Waals surface area contributed by atoms with Gasteiger partial charge in [0.25, 0.3) is 0 Å². The van der Waals surface area contributed by atoms with E-state index in [1.165, 1.54) is 10.5 Å². The number of carbonyl (C=O) groups is 1. The molecule has 114 valence electrons. The fourth-order valence-corrected chi connectivity index (χ4v) is 3.26. The maximum absolute atomic E-state index is 12.0. The third kappa shape index (κ3) is 4.08. The molecular weight excluding hydrogens is 294 g/mol. The highest BCUT2D eigenvalue weighted by atomic mass is 32.2. The Morgan fingerprint density at radius 2 is 2.18 bits per heavy atom.